The zero-order valence-corrected chi connectivity index (χ0v) is 11.3. The van der Waals surface area contributed by atoms with Gasteiger partial charge in [0.05, 0.1) is 0 Å². The van der Waals surface area contributed by atoms with Crippen LogP contribution in [0.15, 0.2) is 28.7 Å². The third kappa shape index (κ3) is 3.98. The molecule has 1 N–H and O–H groups in total. The van der Waals surface area contributed by atoms with Gasteiger partial charge in [-0.25, -0.2) is 4.79 Å². The summed E-state index contributed by atoms with van der Waals surface area (Å²) in [4.78, 5) is 21.7. The average Bonchev–Trinajstić information content (AvgIpc) is 2.25. The second-order valence-corrected chi connectivity index (χ2v) is 4.77. The minimum atomic E-state index is -1.05. The highest BCUT2D eigenvalue weighted by molar-refractivity contribution is 9.10. The second kappa shape index (κ2) is 5.98. The van der Waals surface area contributed by atoms with Crippen molar-refractivity contribution in [3.05, 3.63) is 39.9 Å². The highest BCUT2D eigenvalue weighted by Crippen LogP contribution is 2.28. The molecule has 90 valence electrons. The molecular weight excluding hydrogens is 307 g/mol. The largest absolute Gasteiger partial charge is 0.478 e. The predicted octanol–water partition coefficient (Wildman–Crippen LogP) is 3.42. The van der Waals surface area contributed by atoms with Gasteiger partial charge in [0, 0.05) is 10.5 Å². The van der Waals surface area contributed by atoms with E-state index in [1.165, 1.54) is 13.0 Å². The molecule has 0 fully saturated rings. The van der Waals surface area contributed by atoms with Crippen LogP contribution in [-0.2, 0) is 9.59 Å². The first-order valence-corrected chi connectivity index (χ1v) is 5.99. The number of carbonyl (C=O) groups excluding carboxylic acids is 1. The van der Waals surface area contributed by atoms with E-state index in [4.69, 9.17) is 16.7 Å². The Morgan fingerprint density at radius 1 is 1.47 bits per heavy atom. The first-order chi connectivity index (χ1) is 7.91. The van der Waals surface area contributed by atoms with Crippen molar-refractivity contribution in [2.45, 2.75) is 12.3 Å². The number of hydrogen-bond donors (Lipinski definition) is 1. The fourth-order valence-electron chi connectivity index (χ4n) is 1.30. The number of halogens is 2. The number of hydrogen-bond acceptors (Lipinski definition) is 2. The highest BCUT2D eigenvalue weighted by Gasteiger charge is 2.16. The highest BCUT2D eigenvalue weighted by atomic mass is 79.9. The first kappa shape index (κ1) is 13.9. The van der Waals surface area contributed by atoms with Gasteiger partial charge in [-0.3, -0.25) is 4.79 Å². The van der Waals surface area contributed by atoms with E-state index in [9.17, 15) is 9.59 Å². The fourth-order valence-corrected chi connectivity index (χ4v) is 1.88. The number of carboxylic acid groups (broad SMARTS) is 1. The lowest BCUT2D eigenvalue weighted by molar-refractivity contribution is -0.131. The molecule has 0 aromatic heterocycles. The Hall–Kier alpha value is -1.13. The maximum absolute atomic E-state index is 11.2. The molecule has 5 heteroatoms. The zero-order chi connectivity index (χ0) is 13.0. The van der Waals surface area contributed by atoms with Crippen LogP contribution in [0.1, 0.15) is 23.4 Å². The van der Waals surface area contributed by atoms with Crippen LogP contribution in [0.4, 0.5) is 0 Å². The third-order valence-electron chi connectivity index (χ3n) is 2.08. The van der Waals surface area contributed by atoms with Gasteiger partial charge in [0.15, 0.2) is 5.78 Å². The van der Waals surface area contributed by atoms with Crippen molar-refractivity contribution < 1.29 is 14.7 Å². The molecule has 1 atom stereocenters. The smallest absolute Gasteiger partial charge is 0.328 e. The summed E-state index contributed by atoms with van der Waals surface area (Å²) in [5.41, 5.74) is 1.21. The van der Waals surface area contributed by atoms with Crippen molar-refractivity contribution in [3.63, 3.8) is 0 Å². The summed E-state index contributed by atoms with van der Waals surface area (Å²) in [5.74, 6) is -1.23. The van der Waals surface area contributed by atoms with E-state index >= 15 is 0 Å². The molecule has 17 heavy (non-hydrogen) atoms. The van der Waals surface area contributed by atoms with Gasteiger partial charge in [-0.2, -0.15) is 0 Å². The normalized spacial score (nSPS) is 12.6. The van der Waals surface area contributed by atoms with Crippen LogP contribution in [0.5, 0.6) is 0 Å². The number of rotatable bonds is 4. The van der Waals surface area contributed by atoms with Gasteiger partial charge in [0.2, 0.25) is 0 Å². The molecule has 0 radical (unpaired) electrons. The summed E-state index contributed by atoms with van der Waals surface area (Å²) >= 11 is 9.25. The van der Waals surface area contributed by atoms with Crippen LogP contribution >= 0.6 is 27.5 Å². The zero-order valence-electron chi connectivity index (χ0n) is 8.98. The third-order valence-corrected chi connectivity index (χ3v) is 3.12. The maximum atomic E-state index is 11.2. The summed E-state index contributed by atoms with van der Waals surface area (Å²) in [6.07, 6.45) is 2.43. The van der Waals surface area contributed by atoms with E-state index < -0.39 is 11.3 Å². The van der Waals surface area contributed by atoms with Crippen LogP contribution < -0.4 is 0 Å². The minimum Gasteiger partial charge on any atom is -0.478 e. The number of alkyl halides is 1. The van der Waals surface area contributed by atoms with Crippen molar-refractivity contribution in [1.82, 2.24) is 0 Å². The summed E-state index contributed by atoms with van der Waals surface area (Å²) in [6.45, 7) is 1.39. The second-order valence-electron chi connectivity index (χ2n) is 3.42. The summed E-state index contributed by atoms with van der Waals surface area (Å²) in [6, 6.07) is 5.17. The van der Waals surface area contributed by atoms with E-state index in [2.05, 4.69) is 15.9 Å². The van der Waals surface area contributed by atoms with E-state index in [0.29, 0.717) is 11.1 Å². The van der Waals surface area contributed by atoms with Crippen molar-refractivity contribution in [1.29, 1.82) is 0 Å². The lowest BCUT2D eigenvalue weighted by Crippen LogP contribution is -2.03. The molecule has 0 bridgehead atoms. The van der Waals surface area contributed by atoms with Crippen LogP contribution in [0.25, 0.3) is 6.08 Å². The van der Waals surface area contributed by atoms with Gasteiger partial charge >= 0.3 is 5.97 Å². The molecule has 1 rings (SSSR count). The average molecular weight is 318 g/mol. The number of aliphatic carboxylic acids is 1. The molecular formula is C12H10BrClO3. The van der Waals surface area contributed by atoms with Crippen LogP contribution in [-0.4, -0.2) is 16.9 Å². The molecule has 0 aliphatic heterocycles. The number of ketones is 1. The number of carboxylic acids is 1. The fraction of sp³-hybridized carbons (Fsp3) is 0.167. The number of carbonyl (C=O) groups is 2. The Labute approximate surface area is 112 Å². The van der Waals surface area contributed by atoms with E-state index in [0.717, 1.165) is 10.5 Å². The van der Waals surface area contributed by atoms with Gasteiger partial charge in [-0.15, -0.1) is 11.6 Å². The van der Waals surface area contributed by atoms with Gasteiger partial charge in [0.25, 0.3) is 0 Å². The molecule has 0 aliphatic rings. The van der Waals surface area contributed by atoms with Gasteiger partial charge in [-0.1, -0.05) is 22.0 Å². The monoisotopic (exact) mass is 316 g/mol. The van der Waals surface area contributed by atoms with Gasteiger partial charge < -0.3 is 5.11 Å². The molecule has 0 spiro atoms. The van der Waals surface area contributed by atoms with Crippen molar-refractivity contribution in [3.8, 4) is 0 Å². The number of Topliss-reactive ketones (excluding diaryl/α,β-unsaturated/α-hetero) is 1. The SMILES string of the molecule is CC(=O)C(Cl)c1ccc(Br)cc1/C=C/C(=O)O. The molecule has 0 heterocycles. The predicted molar refractivity (Wildman–Crippen MR) is 70.1 cm³/mol. The quantitative estimate of drug-likeness (QED) is 0.684. The van der Waals surface area contributed by atoms with Crippen molar-refractivity contribution >= 4 is 45.4 Å². The van der Waals surface area contributed by atoms with E-state index in [1.807, 2.05) is 0 Å². The topological polar surface area (TPSA) is 54.4 Å². The molecule has 1 aromatic rings. The van der Waals surface area contributed by atoms with E-state index in [-0.39, 0.29) is 5.78 Å². The summed E-state index contributed by atoms with van der Waals surface area (Å²) < 4.78 is 0.790. The molecule has 1 aromatic carbocycles. The molecule has 0 saturated heterocycles. The minimum absolute atomic E-state index is 0.182. The molecule has 3 nitrogen and oxygen atoms in total. The summed E-state index contributed by atoms with van der Waals surface area (Å²) in [5, 5.41) is 7.82. The Bertz CT molecular complexity index is 483. The Balaban J connectivity index is 3.21. The Morgan fingerprint density at radius 3 is 2.65 bits per heavy atom. The Morgan fingerprint density at radius 2 is 2.12 bits per heavy atom. The standard InChI is InChI=1S/C12H10BrClO3/c1-7(15)12(14)10-4-3-9(13)6-8(10)2-5-11(16)17/h2-6,12H,1H3,(H,16,17)/b5-2+. The van der Waals surface area contributed by atoms with Gasteiger partial charge in [0.1, 0.15) is 5.38 Å². The van der Waals surface area contributed by atoms with Gasteiger partial charge in [-0.05, 0) is 36.3 Å². The summed E-state index contributed by atoms with van der Waals surface area (Å²) in [7, 11) is 0. The van der Waals surface area contributed by atoms with E-state index in [1.54, 1.807) is 18.2 Å². The molecule has 0 saturated carbocycles. The van der Waals surface area contributed by atoms with Crippen molar-refractivity contribution in [2.24, 2.45) is 0 Å². The first-order valence-electron chi connectivity index (χ1n) is 4.77. The lowest BCUT2D eigenvalue weighted by Gasteiger charge is -2.10. The Kier molecular flexibility index (Phi) is 4.90. The van der Waals surface area contributed by atoms with Crippen LogP contribution in [0.2, 0.25) is 0 Å². The van der Waals surface area contributed by atoms with Crippen LogP contribution in [0, 0.1) is 0 Å². The van der Waals surface area contributed by atoms with Crippen molar-refractivity contribution in [2.75, 3.05) is 0 Å². The number of benzene rings is 1. The van der Waals surface area contributed by atoms with Crippen LogP contribution in [0.3, 0.4) is 0 Å². The molecule has 1 unspecified atom stereocenters. The molecule has 0 amide bonds. The lowest BCUT2D eigenvalue weighted by atomic mass is 10.0. The molecule has 0 aliphatic carbocycles. The maximum Gasteiger partial charge on any atom is 0.328 e.